The van der Waals surface area contributed by atoms with Crippen molar-refractivity contribution in [3.8, 4) is 0 Å². The van der Waals surface area contributed by atoms with Gasteiger partial charge in [0.05, 0.1) is 4.75 Å². The maximum atomic E-state index is 11.3. The van der Waals surface area contributed by atoms with Crippen LogP contribution in [-0.2, 0) is 14.8 Å². The minimum Gasteiger partial charge on any atom is -0.299 e. The van der Waals surface area contributed by atoms with Gasteiger partial charge in [-0.1, -0.05) is 13.8 Å². The SMILES string of the molecule is CC(C)C(=O)CC1(S(N)(=O)=O)CC1. The van der Waals surface area contributed by atoms with Crippen LogP contribution in [0.4, 0.5) is 0 Å². The molecule has 0 spiro atoms. The van der Waals surface area contributed by atoms with Crippen molar-refractivity contribution in [3.63, 3.8) is 0 Å². The van der Waals surface area contributed by atoms with Crippen LogP contribution in [0, 0.1) is 5.92 Å². The fourth-order valence-electron chi connectivity index (χ4n) is 1.22. The van der Waals surface area contributed by atoms with Crippen LogP contribution < -0.4 is 5.14 Å². The molecule has 1 saturated carbocycles. The molecule has 76 valence electrons. The second-order valence-corrected chi connectivity index (χ2v) is 5.98. The largest absolute Gasteiger partial charge is 0.299 e. The molecule has 2 N–H and O–H groups in total. The molecule has 0 aliphatic heterocycles. The molecule has 13 heavy (non-hydrogen) atoms. The average Bonchev–Trinajstić information content (AvgIpc) is 2.66. The number of hydrogen-bond acceptors (Lipinski definition) is 3. The number of rotatable bonds is 4. The van der Waals surface area contributed by atoms with Gasteiger partial charge in [-0.15, -0.1) is 0 Å². The number of carbonyl (C=O) groups excluding carboxylic acids is 1. The zero-order valence-corrected chi connectivity index (χ0v) is 8.73. The lowest BCUT2D eigenvalue weighted by Crippen LogP contribution is -2.33. The predicted octanol–water partition coefficient (Wildman–Crippen LogP) is 0.423. The molecule has 0 amide bonds. The fourth-order valence-corrected chi connectivity index (χ4v) is 2.24. The summed E-state index contributed by atoms with van der Waals surface area (Å²) >= 11 is 0. The summed E-state index contributed by atoms with van der Waals surface area (Å²) in [5.74, 6) is -0.134. The Kier molecular flexibility index (Phi) is 2.51. The zero-order valence-electron chi connectivity index (χ0n) is 7.91. The van der Waals surface area contributed by atoms with E-state index in [1.165, 1.54) is 0 Å². The highest BCUT2D eigenvalue weighted by Gasteiger charge is 2.54. The molecular weight excluding hydrogens is 190 g/mol. The minimum absolute atomic E-state index is 0.0217. The Morgan fingerprint density at radius 1 is 1.46 bits per heavy atom. The first-order valence-electron chi connectivity index (χ1n) is 4.33. The molecular formula is C8H15NO3S. The summed E-state index contributed by atoms with van der Waals surface area (Å²) in [4.78, 5) is 11.3. The number of ketones is 1. The Bertz CT molecular complexity index is 314. The van der Waals surface area contributed by atoms with E-state index in [1.54, 1.807) is 13.8 Å². The van der Waals surface area contributed by atoms with Crippen LogP contribution in [-0.4, -0.2) is 18.9 Å². The van der Waals surface area contributed by atoms with E-state index in [9.17, 15) is 13.2 Å². The van der Waals surface area contributed by atoms with Crippen LogP contribution in [0.25, 0.3) is 0 Å². The molecule has 0 aromatic rings. The van der Waals surface area contributed by atoms with Gasteiger partial charge in [0.2, 0.25) is 10.0 Å². The van der Waals surface area contributed by atoms with Gasteiger partial charge in [0.25, 0.3) is 0 Å². The van der Waals surface area contributed by atoms with E-state index in [-0.39, 0.29) is 18.1 Å². The number of Topliss-reactive ketones (excluding diaryl/α,β-unsaturated/α-hetero) is 1. The van der Waals surface area contributed by atoms with Crippen molar-refractivity contribution in [1.82, 2.24) is 0 Å². The first-order chi connectivity index (χ1) is 5.78. The quantitative estimate of drug-likeness (QED) is 0.722. The summed E-state index contributed by atoms with van der Waals surface area (Å²) in [7, 11) is -3.54. The van der Waals surface area contributed by atoms with Crippen LogP contribution in [0.3, 0.4) is 0 Å². The van der Waals surface area contributed by atoms with Gasteiger partial charge in [0.15, 0.2) is 0 Å². The maximum Gasteiger partial charge on any atom is 0.215 e. The normalized spacial score (nSPS) is 20.3. The van der Waals surface area contributed by atoms with Gasteiger partial charge in [-0.05, 0) is 12.8 Å². The highest BCUT2D eigenvalue weighted by molar-refractivity contribution is 7.90. The van der Waals surface area contributed by atoms with Gasteiger partial charge in [0.1, 0.15) is 5.78 Å². The molecule has 0 bridgehead atoms. The monoisotopic (exact) mass is 205 g/mol. The van der Waals surface area contributed by atoms with Gasteiger partial charge < -0.3 is 0 Å². The molecule has 5 heteroatoms. The third-order valence-corrected chi connectivity index (χ3v) is 4.31. The molecule has 1 fully saturated rings. The second-order valence-electron chi connectivity index (χ2n) is 4.03. The number of nitrogens with two attached hydrogens (primary N) is 1. The fraction of sp³-hybridized carbons (Fsp3) is 0.875. The number of primary sulfonamides is 1. The first-order valence-corrected chi connectivity index (χ1v) is 5.88. The van der Waals surface area contributed by atoms with Crippen LogP contribution in [0.5, 0.6) is 0 Å². The lowest BCUT2D eigenvalue weighted by atomic mass is 10.0. The van der Waals surface area contributed by atoms with Crippen molar-refractivity contribution in [3.05, 3.63) is 0 Å². The van der Waals surface area contributed by atoms with Crippen molar-refractivity contribution in [2.75, 3.05) is 0 Å². The highest BCUT2D eigenvalue weighted by atomic mass is 32.2. The Morgan fingerprint density at radius 3 is 2.15 bits per heavy atom. The molecule has 0 saturated heterocycles. The van der Waals surface area contributed by atoms with Crippen LogP contribution in [0.15, 0.2) is 0 Å². The Morgan fingerprint density at radius 2 is 1.92 bits per heavy atom. The lowest BCUT2D eigenvalue weighted by molar-refractivity contribution is -0.122. The van der Waals surface area contributed by atoms with E-state index in [4.69, 9.17) is 5.14 Å². The zero-order chi connectivity index (χ0) is 10.3. The van der Waals surface area contributed by atoms with E-state index in [2.05, 4.69) is 0 Å². The van der Waals surface area contributed by atoms with Gasteiger partial charge in [-0.2, -0.15) is 0 Å². The number of carbonyl (C=O) groups is 1. The number of hydrogen-bond donors (Lipinski definition) is 1. The second kappa shape index (κ2) is 3.06. The Hall–Kier alpha value is -0.420. The summed E-state index contributed by atoms with van der Waals surface area (Å²) in [5.41, 5.74) is 0. The molecule has 0 aromatic carbocycles. The molecule has 1 aliphatic carbocycles. The highest BCUT2D eigenvalue weighted by Crippen LogP contribution is 2.45. The van der Waals surface area contributed by atoms with E-state index in [0.29, 0.717) is 12.8 Å². The summed E-state index contributed by atoms with van der Waals surface area (Å²) < 4.78 is 21.3. The first kappa shape index (κ1) is 10.7. The Labute approximate surface area is 78.6 Å². The van der Waals surface area contributed by atoms with Gasteiger partial charge in [-0.25, -0.2) is 13.6 Å². The Balaban J connectivity index is 2.70. The lowest BCUT2D eigenvalue weighted by Gasteiger charge is -2.12. The van der Waals surface area contributed by atoms with Crippen molar-refractivity contribution < 1.29 is 13.2 Å². The third-order valence-electron chi connectivity index (χ3n) is 2.55. The summed E-state index contributed by atoms with van der Waals surface area (Å²) in [6.45, 7) is 3.53. The summed E-state index contributed by atoms with van der Waals surface area (Å²) in [6, 6.07) is 0. The third kappa shape index (κ3) is 2.08. The molecule has 1 rings (SSSR count). The topological polar surface area (TPSA) is 77.2 Å². The predicted molar refractivity (Wildman–Crippen MR) is 49.5 cm³/mol. The van der Waals surface area contributed by atoms with E-state index < -0.39 is 14.8 Å². The van der Waals surface area contributed by atoms with Crippen molar-refractivity contribution in [2.45, 2.75) is 37.9 Å². The van der Waals surface area contributed by atoms with E-state index in [1.807, 2.05) is 0 Å². The van der Waals surface area contributed by atoms with Crippen molar-refractivity contribution >= 4 is 15.8 Å². The van der Waals surface area contributed by atoms with E-state index >= 15 is 0 Å². The molecule has 0 radical (unpaired) electrons. The van der Waals surface area contributed by atoms with Crippen LogP contribution >= 0.6 is 0 Å². The van der Waals surface area contributed by atoms with Crippen LogP contribution in [0.1, 0.15) is 33.1 Å². The maximum absolute atomic E-state index is 11.3. The average molecular weight is 205 g/mol. The van der Waals surface area contributed by atoms with Crippen molar-refractivity contribution in [1.29, 1.82) is 0 Å². The van der Waals surface area contributed by atoms with Crippen molar-refractivity contribution in [2.24, 2.45) is 11.1 Å². The smallest absolute Gasteiger partial charge is 0.215 e. The van der Waals surface area contributed by atoms with Gasteiger partial charge >= 0.3 is 0 Å². The number of sulfonamides is 1. The summed E-state index contributed by atoms with van der Waals surface area (Å²) in [5, 5.41) is 5.04. The molecule has 4 nitrogen and oxygen atoms in total. The summed E-state index contributed by atoms with van der Waals surface area (Å²) in [6.07, 6.45) is 1.15. The van der Waals surface area contributed by atoms with E-state index in [0.717, 1.165) is 0 Å². The minimum atomic E-state index is -3.54. The standard InChI is InChI=1S/C8H15NO3S/c1-6(2)7(10)5-8(3-4-8)13(9,11)12/h6H,3-5H2,1-2H3,(H2,9,11,12). The van der Waals surface area contributed by atoms with Gasteiger partial charge in [-0.3, -0.25) is 4.79 Å². The molecule has 0 heterocycles. The molecule has 0 atom stereocenters. The molecule has 0 unspecified atom stereocenters. The van der Waals surface area contributed by atoms with Crippen LogP contribution in [0.2, 0.25) is 0 Å². The van der Waals surface area contributed by atoms with Gasteiger partial charge in [0, 0.05) is 12.3 Å². The molecule has 0 aromatic heterocycles. The molecule has 1 aliphatic rings.